The van der Waals surface area contributed by atoms with Gasteiger partial charge in [-0.25, -0.2) is 4.39 Å². The first-order valence-corrected chi connectivity index (χ1v) is 7.91. The molecule has 0 amide bonds. The molecule has 1 spiro atoms. The SMILES string of the molecule is CN=C(NCCc1ccccc1F)N1CCC2(CCC2)C1. The Hall–Kier alpha value is -1.58. The molecule has 1 saturated carbocycles. The number of aliphatic imine (C=N–C) groups is 1. The van der Waals surface area contributed by atoms with E-state index in [-0.39, 0.29) is 5.82 Å². The van der Waals surface area contributed by atoms with Gasteiger partial charge in [-0.15, -0.1) is 0 Å². The van der Waals surface area contributed by atoms with Crippen LogP contribution in [0.5, 0.6) is 0 Å². The molecule has 1 aromatic rings. The molecule has 0 radical (unpaired) electrons. The van der Waals surface area contributed by atoms with Gasteiger partial charge in [0, 0.05) is 26.7 Å². The van der Waals surface area contributed by atoms with Gasteiger partial charge in [0.1, 0.15) is 5.82 Å². The van der Waals surface area contributed by atoms with Crippen LogP contribution in [0.25, 0.3) is 0 Å². The second-order valence-electron chi connectivity index (χ2n) is 6.34. The minimum atomic E-state index is -0.121. The van der Waals surface area contributed by atoms with E-state index in [1.54, 1.807) is 6.07 Å². The van der Waals surface area contributed by atoms with E-state index >= 15 is 0 Å². The molecule has 2 aliphatic rings. The third-order valence-electron chi connectivity index (χ3n) is 5.00. The lowest BCUT2D eigenvalue weighted by atomic mass is 9.68. The van der Waals surface area contributed by atoms with Crippen molar-refractivity contribution in [2.24, 2.45) is 10.4 Å². The summed E-state index contributed by atoms with van der Waals surface area (Å²) in [5.74, 6) is 0.846. The number of nitrogens with zero attached hydrogens (tertiary/aromatic N) is 2. The van der Waals surface area contributed by atoms with E-state index in [4.69, 9.17) is 0 Å². The molecule has 4 heteroatoms. The Morgan fingerprint density at radius 1 is 1.33 bits per heavy atom. The van der Waals surface area contributed by atoms with E-state index < -0.39 is 0 Å². The normalized spacial score (nSPS) is 20.7. The van der Waals surface area contributed by atoms with Gasteiger partial charge in [-0.05, 0) is 42.7 Å². The van der Waals surface area contributed by atoms with Gasteiger partial charge in [-0.3, -0.25) is 4.99 Å². The van der Waals surface area contributed by atoms with E-state index in [0.29, 0.717) is 11.8 Å². The molecule has 1 heterocycles. The largest absolute Gasteiger partial charge is 0.356 e. The fraction of sp³-hybridized carbons (Fsp3) is 0.588. The molecule has 3 nitrogen and oxygen atoms in total. The first-order chi connectivity index (χ1) is 10.2. The van der Waals surface area contributed by atoms with E-state index in [2.05, 4.69) is 15.2 Å². The zero-order valence-electron chi connectivity index (χ0n) is 12.7. The minimum Gasteiger partial charge on any atom is -0.356 e. The van der Waals surface area contributed by atoms with Crippen LogP contribution in [0.15, 0.2) is 29.3 Å². The lowest BCUT2D eigenvalue weighted by Gasteiger charge is -2.38. The number of benzene rings is 1. The summed E-state index contributed by atoms with van der Waals surface area (Å²) < 4.78 is 13.6. The van der Waals surface area contributed by atoms with Crippen LogP contribution in [0.2, 0.25) is 0 Å². The molecule has 1 aliphatic heterocycles. The molecule has 0 bridgehead atoms. The summed E-state index contributed by atoms with van der Waals surface area (Å²) in [5.41, 5.74) is 1.33. The summed E-state index contributed by atoms with van der Waals surface area (Å²) in [6, 6.07) is 6.98. The number of likely N-dealkylation sites (tertiary alicyclic amines) is 1. The van der Waals surface area contributed by atoms with Gasteiger partial charge >= 0.3 is 0 Å². The van der Waals surface area contributed by atoms with Gasteiger partial charge in [0.05, 0.1) is 0 Å². The van der Waals surface area contributed by atoms with Gasteiger partial charge in [0.25, 0.3) is 0 Å². The van der Waals surface area contributed by atoms with Crippen molar-refractivity contribution in [1.82, 2.24) is 10.2 Å². The lowest BCUT2D eigenvalue weighted by molar-refractivity contribution is 0.151. The average molecular weight is 289 g/mol. The smallest absolute Gasteiger partial charge is 0.193 e. The van der Waals surface area contributed by atoms with E-state index in [1.807, 2.05) is 19.2 Å². The summed E-state index contributed by atoms with van der Waals surface area (Å²) in [5, 5.41) is 3.38. The number of guanidine groups is 1. The van der Waals surface area contributed by atoms with E-state index in [1.165, 1.54) is 31.7 Å². The molecule has 1 aromatic carbocycles. The van der Waals surface area contributed by atoms with Crippen molar-refractivity contribution < 1.29 is 4.39 Å². The van der Waals surface area contributed by atoms with Crippen LogP contribution in [0.1, 0.15) is 31.2 Å². The molecule has 1 N–H and O–H groups in total. The highest BCUT2D eigenvalue weighted by Crippen LogP contribution is 2.47. The third-order valence-corrected chi connectivity index (χ3v) is 5.00. The van der Waals surface area contributed by atoms with Gasteiger partial charge in [0.2, 0.25) is 0 Å². The number of hydrogen-bond acceptors (Lipinski definition) is 1. The summed E-state index contributed by atoms with van der Waals surface area (Å²) in [4.78, 5) is 6.75. The molecule has 1 saturated heterocycles. The second-order valence-corrected chi connectivity index (χ2v) is 6.34. The van der Waals surface area contributed by atoms with Gasteiger partial charge < -0.3 is 10.2 Å². The van der Waals surface area contributed by atoms with Crippen molar-refractivity contribution in [2.45, 2.75) is 32.1 Å². The van der Waals surface area contributed by atoms with Gasteiger partial charge in [-0.2, -0.15) is 0 Å². The molecule has 0 unspecified atom stereocenters. The first kappa shape index (κ1) is 14.4. The highest BCUT2D eigenvalue weighted by Gasteiger charge is 2.43. The maximum absolute atomic E-state index is 13.6. The van der Waals surface area contributed by atoms with Gasteiger partial charge in [-0.1, -0.05) is 24.6 Å². The van der Waals surface area contributed by atoms with Crippen LogP contribution in [0.3, 0.4) is 0 Å². The van der Waals surface area contributed by atoms with Crippen molar-refractivity contribution in [2.75, 3.05) is 26.7 Å². The topological polar surface area (TPSA) is 27.6 Å². The molecule has 0 aromatic heterocycles. The van der Waals surface area contributed by atoms with Crippen LogP contribution in [0, 0.1) is 11.2 Å². The van der Waals surface area contributed by atoms with E-state index in [0.717, 1.165) is 31.2 Å². The fourth-order valence-electron chi connectivity index (χ4n) is 3.54. The van der Waals surface area contributed by atoms with Gasteiger partial charge in [0.15, 0.2) is 5.96 Å². The lowest BCUT2D eigenvalue weighted by Crippen LogP contribution is -2.43. The van der Waals surface area contributed by atoms with E-state index in [9.17, 15) is 4.39 Å². The summed E-state index contributed by atoms with van der Waals surface area (Å²) in [6.45, 7) is 2.95. The van der Waals surface area contributed by atoms with Crippen molar-refractivity contribution in [3.63, 3.8) is 0 Å². The molecule has 3 rings (SSSR count). The number of halogens is 1. The zero-order chi connectivity index (χ0) is 14.7. The van der Waals surface area contributed by atoms with Crippen molar-refractivity contribution >= 4 is 5.96 Å². The molecular formula is C17H24FN3. The Kier molecular flexibility index (Phi) is 4.13. The number of rotatable bonds is 3. The average Bonchev–Trinajstić information content (AvgIpc) is 2.91. The Balaban J connectivity index is 1.51. The highest BCUT2D eigenvalue weighted by molar-refractivity contribution is 5.80. The maximum atomic E-state index is 13.6. The quantitative estimate of drug-likeness (QED) is 0.684. The number of nitrogens with one attached hydrogen (secondary N) is 1. The predicted octanol–water partition coefficient (Wildman–Crippen LogP) is 2.82. The molecule has 0 atom stereocenters. The Bertz CT molecular complexity index is 523. The Morgan fingerprint density at radius 2 is 2.14 bits per heavy atom. The molecule has 1 aliphatic carbocycles. The minimum absolute atomic E-state index is 0.121. The van der Waals surface area contributed by atoms with Crippen LogP contribution in [-0.4, -0.2) is 37.5 Å². The predicted molar refractivity (Wildman–Crippen MR) is 83.9 cm³/mol. The van der Waals surface area contributed by atoms with Crippen molar-refractivity contribution in [3.8, 4) is 0 Å². The highest BCUT2D eigenvalue weighted by atomic mass is 19.1. The standard InChI is InChI=1S/C17H24FN3/c1-19-16(21-12-10-17(13-21)8-4-9-17)20-11-7-14-5-2-3-6-15(14)18/h2-3,5-6H,4,7-13H2,1H3,(H,19,20). The Labute approximate surface area is 126 Å². The molecule has 21 heavy (non-hydrogen) atoms. The van der Waals surface area contributed by atoms with Crippen molar-refractivity contribution in [3.05, 3.63) is 35.6 Å². The van der Waals surface area contributed by atoms with Crippen LogP contribution >= 0.6 is 0 Å². The third kappa shape index (κ3) is 3.04. The molecular weight excluding hydrogens is 265 g/mol. The first-order valence-electron chi connectivity index (χ1n) is 7.91. The fourth-order valence-corrected chi connectivity index (χ4v) is 3.54. The Morgan fingerprint density at radius 3 is 2.76 bits per heavy atom. The monoisotopic (exact) mass is 289 g/mol. The zero-order valence-corrected chi connectivity index (χ0v) is 12.7. The summed E-state index contributed by atoms with van der Waals surface area (Å²) in [6.07, 6.45) is 6.10. The second kappa shape index (κ2) is 6.04. The van der Waals surface area contributed by atoms with Crippen LogP contribution in [0.4, 0.5) is 4.39 Å². The van der Waals surface area contributed by atoms with Crippen LogP contribution < -0.4 is 5.32 Å². The summed E-state index contributed by atoms with van der Waals surface area (Å²) >= 11 is 0. The van der Waals surface area contributed by atoms with Crippen LogP contribution in [-0.2, 0) is 6.42 Å². The maximum Gasteiger partial charge on any atom is 0.193 e. The summed E-state index contributed by atoms with van der Waals surface area (Å²) in [7, 11) is 1.83. The molecule has 114 valence electrons. The molecule has 2 fully saturated rings. The van der Waals surface area contributed by atoms with Crippen molar-refractivity contribution in [1.29, 1.82) is 0 Å². The number of hydrogen-bond donors (Lipinski definition) is 1.